The van der Waals surface area contributed by atoms with Crippen LogP contribution < -0.4 is 5.32 Å². The maximum absolute atomic E-state index is 12.4. The second-order valence-corrected chi connectivity index (χ2v) is 6.06. The second kappa shape index (κ2) is 6.41. The van der Waals surface area contributed by atoms with Crippen molar-refractivity contribution in [2.75, 3.05) is 45.1 Å². The highest BCUT2D eigenvalue weighted by Crippen LogP contribution is 2.12. The lowest BCUT2D eigenvalue weighted by molar-refractivity contribution is 0.0178. The van der Waals surface area contributed by atoms with E-state index in [1.165, 1.54) is 0 Å². The molecule has 21 heavy (non-hydrogen) atoms. The van der Waals surface area contributed by atoms with Gasteiger partial charge < -0.3 is 15.3 Å². The fourth-order valence-corrected chi connectivity index (χ4v) is 2.51. The van der Waals surface area contributed by atoms with Crippen LogP contribution in [0.15, 0.2) is 18.3 Å². The van der Waals surface area contributed by atoms with Gasteiger partial charge in [0.15, 0.2) is 0 Å². The Hall–Kier alpha value is -1.66. The van der Waals surface area contributed by atoms with Crippen LogP contribution in [0.2, 0.25) is 0 Å². The van der Waals surface area contributed by atoms with Crippen molar-refractivity contribution in [3.05, 3.63) is 23.9 Å². The first-order valence-corrected chi connectivity index (χ1v) is 7.27. The number of anilines is 1. The van der Waals surface area contributed by atoms with Crippen molar-refractivity contribution in [3.8, 4) is 0 Å². The first-order valence-electron chi connectivity index (χ1n) is 7.27. The van der Waals surface area contributed by atoms with E-state index in [0.717, 1.165) is 18.9 Å². The number of pyridine rings is 1. The Kier molecular flexibility index (Phi) is 4.80. The van der Waals surface area contributed by atoms with E-state index in [9.17, 15) is 9.90 Å². The molecule has 6 nitrogen and oxygen atoms in total. The van der Waals surface area contributed by atoms with Gasteiger partial charge in [0.1, 0.15) is 5.82 Å². The summed E-state index contributed by atoms with van der Waals surface area (Å²) in [6, 6.07) is 3.60. The Bertz CT molecular complexity index is 473. The van der Waals surface area contributed by atoms with Gasteiger partial charge in [-0.05, 0) is 26.0 Å². The molecule has 0 atom stereocenters. The summed E-state index contributed by atoms with van der Waals surface area (Å²) in [6.07, 6.45) is 1.61. The molecule has 1 amide bonds. The molecule has 2 heterocycles. The molecule has 0 saturated carbocycles. The van der Waals surface area contributed by atoms with Gasteiger partial charge in [-0.2, -0.15) is 0 Å². The minimum absolute atomic E-state index is 0.0214. The Morgan fingerprint density at radius 2 is 2.00 bits per heavy atom. The number of rotatable bonds is 4. The van der Waals surface area contributed by atoms with Crippen LogP contribution in [0.4, 0.5) is 5.82 Å². The predicted octanol–water partition coefficient (Wildman–Crippen LogP) is 0.652. The number of nitrogens with one attached hydrogen (secondary N) is 1. The van der Waals surface area contributed by atoms with Crippen LogP contribution in [0.3, 0.4) is 0 Å². The molecule has 1 saturated heterocycles. The zero-order chi connectivity index (χ0) is 15.5. The number of piperazine rings is 1. The molecule has 1 aliphatic rings. The van der Waals surface area contributed by atoms with E-state index in [2.05, 4.69) is 15.2 Å². The molecule has 0 aromatic carbocycles. The summed E-state index contributed by atoms with van der Waals surface area (Å²) in [5, 5.41) is 12.8. The van der Waals surface area contributed by atoms with Crippen molar-refractivity contribution in [1.82, 2.24) is 14.8 Å². The zero-order valence-electron chi connectivity index (χ0n) is 13.0. The fourth-order valence-electron chi connectivity index (χ4n) is 2.51. The standard InChI is InChI=1S/C15H24N4O2/c1-15(2,21)11-18-6-8-19(9-7-18)14(20)12-4-5-13(16-3)17-10-12/h4-5,10,21H,6-9,11H2,1-3H3,(H,16,17). The van der Waals surface area contributed by atoms with Crippen LogP contribution >= 0.6 is 0 Å². The van der Waals surface area contributed by atoms with Crippen LogP contribution in [0.5, 0.6) is 0 Å². The average Bonchev–Trinajstić information content (AvgIpc) is 2.46. The third-order valence-electron chi connectivity index (χ3n) is 3.54. The third-order valence-corrected chi connectivity index (χ3v) is 3.54. The van der Waals surface area contributed by atoms with Gasteiger partial charge in [0.2, 0.25) is 0 Å². The molecule has 1 aromatic rings. The van der Waals surface area contributed by atoms with E-state index >= 15 is 0 Å². The van der Waals surface area contributed by atoms with Crippen molar-refractivity contribution in [2.45, 2.75) is 19.4 Å². The fraction of sp³-hybridized carbons (Fsp3) is 0.600. The highest BCUT2D eigenvalue weighted by Gasteiger charge is 2.25. The van der Waals surface area contributed by atoms with Gasteiger partial charge in [-0.25, -0.2) is 4.98 Å². The quantitative estimate of drug-likeness (QED) is 0.853. The minimum Gasteiger partial charge on any atom is -0.389 e. The molecule has 0 unspecified atom stereocenters. The maximum atomic E-state index is 12.4. The van der Waals surface area contributed by atoms with Crippen LogP contribution in [0, 0.1) is 0 Å². The molecule has 1 aromatic heterocycles. The number of aromatic nitrogens is 1. The lowest BCUT2D eigenvalue weighted by Crippen LogP contribution is -2.52. The van der Waals surface area contributed by atoms with E-state index in [-0.39, 0.29) is 5.91 Å². The summed E-state index contributed by atoms with van der Waals surface area (Å²) in [5.74, 6) is 0.773. The van der Waals surface area contributed by atoms with Gasteiger partial charge in [0.05, 0.1) is 11.2 Å². The second-order valence-electron chi connectivity index (χ2n) is 6.06. The lowest BCUT2D eigenvalue weighted by atomic mass is 10.1. The SMILES string of the molecule is CNc1ccc(C(=O)N2CCN(CC(C)(C)O)CC2)cn1. The molecular weight excluding hydrogens is 268 g/mol. The van der Waals surface area contributed by atoms with Crippen molar-refractivity contribution in [1.29, 1.82) is 0 Å². The average molecular weight is 292 g/mol. The zero-order valence-corrected chi connectivity index (χ0v) is 13.0. The molecule has 0 radical (unpaired) electrons. The summed E-state index contributed by atoms with van der Waals surface area (Å²) in [6.45, 7) is 7.19. The number of amides is 1. The number of hydrogen-bond acceptors (Lipinski definition) is 5. The Morgan fingerprint density at radius 1 is 1.33 bits per heavy atom. The van der Waals surface area contributed by atoms with E-state index in [4.69, 9.17) is 0 Å². The normalized spacial score (nSPS) is 16.9. The topological polar surface area (TPSA) is 68.7 Å². The van der Waals surface area contributed by atoms with Crippen LogP contribution in [-0.2, 0) is 0 Å². The summed E-state index contributed by atoms with van der Waals surface area (Å²) < 4.78 is 0. The number of carbonyl (C=O) groups excluding carboxylic acids is 1. The first kappa shape index (κ1) is 15.7. The van der Waals surface area contributed by atoms with Crippen molar-refractivity contribution < 1.29 is 9.90 Å². The molecule has 0 aliphatic carbocycles. The third kappa shape index (κ3) is 4.41. The van der Waals surface area contributed by atoms with E-state index in [1.54, 1.807) is 39.2 Å². The molecule has 116 valence electrons. The highest BCUT2D eigenvalue weighted by molar-refractivity contribution is 5.94. The molecular formula is C15H24N4O2. The molecule has 1 aliphatic heterocycles. The number of hydrogen-bond donors (Lipinski definition) is 2. The van der Waals surface area contributed by atoms with Gasteiger partial charge in [0.25, 0.3) is 5.91 Å². The summed E-state index contributed by atoms with van der Waals surface area (Å²) in [4.78, 5) is 20.6. The summed E-state index contributed by atoms with van der Waals surface area (Å²) >= 11 is 0. The van der Waals surface area contributed by atoms with Gasteiger partial charge >= 0.3 is 0 Å². The Labute approximate surface area is 125 Å². The van der Waals surface area contributed by atoms with E-state index < -0.39 is 5.60 Å². The molecule has 0 bridgehead atoms. The van der Waals surface area contributed by atoms with Crippen LogP contribution in [0.1, 0.15) is 24.2 Å². The summed E-state index contributed by atoms with van der Waals surface area (Å²) in [5.41, 5.74) is -0.0797. The number of aliphatic hydroxyl groups is 1. The van der Waals surface area contributed by atoms with E-state index in [0.29, 0.717) is 25.2 Å². The highest BCUT2D eigenvalue weighted by atomic mass is 16.3. The molecule has 2 rings (SSSR count). The molecule has 1 fully saturated rings. The number of nitrogens with zero attached hydrogens (tertiary/aromatic N) is 3. The van der Waals surface area contributed by atoms with Gasteiger partial charge in [-0.15, -0.1) is 0 Å². The Morgan fingerprint density at radius 3 is 2.48 bits per heavy atom. The number of carbonyl (C=O) groups is 1. The van der Waals surface area contributed by atoms with Crippen LogP contribution in [0.25, 0.3) is 0 Å². The monoisotopic (exact) mass is 292 g/mol. The maximum Gasteiger partial charge on any atom is 0.255 e. The van der Waals surface area contributed by atoms with Crippen molar-refractivity contribution >= 4 is 11.7 Å². The molecule has 2 N–H and O–H groups in total. The Balaban J connectivity index is 1.90. The minimum atomic E-state index is -0.695. The predicted molar refractivity (Wildman–Crippen MR) is 82.4 cm³/mol. The van der Waals surface area contributed by atoms with Crippen molar-refractivity contribution in [2.24, 2.45) is 0 Å². The van der Waals surface area contributed by atoms with Gasteiger partial charge in [-0.1, -0.05) is 0 Å². The molecule has 0 spiro atoms. The van der Waals surface area contributed by atoms with Crippen LogP contribution in [-0.4, -0.2) is 71.2 Å². The summed E-state index contributed by atoms with van der Waals surface area (Å²) in [7, 11) is 1.80. The van der Waals surface area contributed by atoms with Gasteiger partial charge in [0, 0.05) is 46.0 Å². The van der Waals surface area contributed by atoms with E-state index in [1.807, 2.05) is 4.90 Å². The number of β-amino-alcohol motifs (C(OH)–C–C–N with tert-alkyl or cyclic N) is 1. The van der Waals surface area contributed by atoms with Crippen molar-refractivity contribution in [3.63, 3.8) is 0 Å². The first-order chi connectivity index (χ1) is 9.89. The smallest absolute Gasteiger partial charge is 0.255 e. The largest absolute Gasteiger partial charge is 0.389 e. The lowest BCUT2D eigenvalue weighted by Gasteiger charge is -2.37. The molecule has 6 heteroatoms. The van der Waals surface area contributed by atoms with Gasteiger partial charge in [-0.3, -0.25) is 9.69 Å².